The van der Waals surface area contributed by atoms with Gasteiger partial charge in [0.05, 0.1) is 35.3 Å². The lowest BCUT2D eigenvalue weighted by Crippen LogP contribution is -2.30. The minimum absolute atomic E-state index is 0.0106. The first-order valence-corrected chi connectivity index (χ1v) is 15.9. The summed E-state index contributed by atoms with van der Waals surface area (Å²) < 4.78 is 79.9. The van der Waals surface area contributed by atoms with E-state index in [9.17, 15) is 31.2 Å². The molecule has 5 rings (SSSR count). The molecule has 0 saturated heterocycles. The van der Waals surface area contributed by atoms with Crippen molar-refractivity contribution < 1.29 is 40.3 Å². The first kappa shape index (κ1) is 33.7. The van der Waals surface area contributed by atoms with E-state index in [-0.39, 0.29) is 52.0 Å². The van der Waals surface area contributed by atoms with Crippen LogP contribution >= 0.6 is 11.6 Å². The minimum atomic E-state index is -4.65. The molecule has 1 aliphatic rings. The van der Waals surface area contributed by atoms with Gasteiger partial charge in [-0.05, 0) is 80.1 Å². The number of nitrogens with zero attached hydrogens (tertiary/aromatic N) is 2. The first-order chi connectivity index (χ1) is 22.2. The van der Waals surface area contributed by atoms with Crippen LogP contribution in [-0.4, -0.2) is 31.7 Å². The fourth-order valence-electron chi connectivity index (χ4n) is 5.06. The maximum Gasteiger partial charge on any atom is 0.416 e. The SMILES string of the molecule is COC(=O)C1=C(C)N(c2cccc(C(F)(F)F)c2)C(=O)/C1=C\c1ccc(CN(Cc2ccc(Cl)cc2)S(=O)(=O)c2ccc(C)cc2)o1. The number of allylic oxidation sites excluding steroid dienone is 1. The zero-order valence-corrected chi connectivity index (χ0v) is 26.9. The van der Waals surface area contributed by atoms with E-state index in [1.807, 2.05) is 6.92 Å². The number of hydrogen-bond donors (Lipinski definition) is 0. The molecule has 0 unspecified atom stereocenters. The van der Waals surface area contributed by atoms with Crippen LogP contribution in [0, 0.1) is 6.92 Å². The molecule has 0 fully saturated rings. The Kier molecular flexibility index (Phi) is 9.48. The van der Waals surface area contributed by atoms with Gasteiger partial charge in [0, 0.05) is 23.0 Å². The monoisotopic (exact) mass is 684 g/mol. The second kappa shape index (κ2) is 13.2. The van der Waals surface area contributed by atoms with Crippen molar-refractivity contribution in [3.8, 4) is 0 Å². The lowest BCUT2D eigenvalue weighted by Gasteiger charge is -2.21. The Hall–Kier alpha value is -4.65. The fraction of sp³-hybridized carbons (Fsp3) is 0.176. The molecule has 1 amide bonds. The Morgan fingerprint density at radius 3 is 2.30 bits per heavy atom. The lowest BCUT2D eigenvalue weighted by atomic mass is 10.1. The van der Waals surface area contributed by atoms with Crippen molar-refractivity contribution >= 4 is 45.3 Å². The van der Waals surface area contributed by atoms with Crippen LogP contribution in [0.3, 0.4) is 0 Å². The molecule has 0 spiro atoms. The number of esters is 1. The van der Waals surface area contributed by atoms with E-state index < -0.39 is 33.6 Å². The summed E-state index contributed by atoms with van der Waals surface area (Å²) in [5.74, 6) is -1.32. The van der Waals surface area contributed by atoms with Crippen LogP contribution < -0.4 is 4.90 Å². The molecule has 1 aromatic heterocycles. The van der Waals surface area contributed by atoms with E-state index in [2.05, 4.69) is 0 Å². The minimum Gasteiger partial charge on any atom is -0.465 e. The van der Waals surface area contributed by atoms with Gasteiger partial charge in [0.2, 0.25) is 10.0 Å². The Labute approximate surface area is 274 Å². The van der Waals surface area contributed by atoms with Crippen molar-refractivity contribution in [3.05, 3.63) is 135 Å². The Morgan fingerprint density at radius 1 is 0.979 bits per heavy atom. The lowest BCUT2D eigenvalue weighted by molar-refractivity contribution is -0.137. The number of benzene rings is 3. The zero-order chi connectivity index (χ0) is 34.1. The van der Waals surface area contributed by atoms with Crippen LogP contribution in [0.4, 0.5) is 18.9 Å². The van der Waals surface area contributed by atoms with Crippen LogP contribution in [0.1, 0.15) is 35.1 Å². The quantitative estimate of drug-likeness (QED) is 0.134. The standard InChI is InChI=1S/C34H28ClF3N2O6S/c1-21-7-15-29(16-8-21)47(43,44)39(19-23-9-11-25(35)12-10-23)20-28-14-13-27(46-28)18-30-31(33(42)45-3)22(2)40(32(30)41)26-6-4-5-24(17-26)34(36,37)38/h4-18H,19-20H2,1-3H3/b30-18-. The smallest absolute Gasteiger partial charge is 0.416 e. The first-order valence-electron chi connectivity index (χ1n) is 14.1. The molecule has 4 aromatic rings. The molecule has 0 aliphatic carbocycles. The van der Waals surface area contributed by atoms with Gasteiger partial charge >= 0.3 is 12.1 Å². The summed E-state index contributed by atoms with van der Waals surface area (Å²) in [5.41, 5.74) is 0.252. The molecule has 244 valence electrons. The molecular weight excluding hydrogens is 657 g/mol. The second-order valence-corrected chi connectivity index (χ2v) is 13.1. The molecule has 8 nitrogen and oxygen atoms in total. The van der Waals surface area contributed by atoms with Crippen molar-refractivity contribution in [1.29, 1.82) is 0 Å². The van der Waals surface area contributed by atoms with Crippen molar-refractivity contribution in [1.82, 2.24) is 4.31 Å². The van der Waals surface area contributed by atoms with E-state index in [0.29, 0.717) is 10.6 Å². The number of ether oxygens (including phenoxy) is 1. The largest absolute Gasteiger partial charge is 0.465 e. The van der Waals surface area contributed by atoms with Crippen LogP contribution in [0.2, 0.25) is 5.02 Å². The highest BCUT2D eigenvalue weighted by Gasteiger charge is 2.39. The highest BCUT2D eigenvalue weighted by molar-refractivity contribution is 7.89. The van der Waals surface area contributed by atoms with Gasteiger partial charge in [-0.15, -0.1) is 0 Å². The summed E-state index contributed by atoms with van der Waals surface area (Å²) in [5, 5.41) is 0.495. The number of sulfonamides is 1. The number of amides is 1. The molecule has 1 aliphatic heterocycles. The number of furan rings is 1. The summed E-state index contributed by atoms with van der Waals surface area (Å²) in [7, 11) is -2.90. The topological polar surface area (TPSA) is 97.1 Å². The predicted octanol–water partition coefficient (Wildman–Crippen LogP) is 7.53. The number of carbonyl (C=O) groups excluding carboxylic acids is 2. The molecule has 0 N–H and O–H groups in total. The summed E-state index contributed by atoms with van der Waals surface area (Å²) in [4.78, 5) is 27.5. The van der Waals surface area contributed by atoms with Crippen molar-refractivity contribution in [2.45, 2.75) is 38.0 Å². The normalized spacial score (nSPS) is 14.9. The summed E-state index contributed by atoms with van der Waals surface area (Å²) in [6.45, 7) is 3.06. The number of alkyl halides is 3. The third kappa shape index (κ3) is 7.19. The number of halogens is 4. The van der Waals surface area contributed by atoms with Crippen molar-refractivity contribution in [2.75, 3.05) is 12.0 Å². The number of hydrogen-bond acceptors (Lipinski definition) is 6. The van der Waals surface area contributed by atoms with Gasteiger partial charge in [0.15, 0.2) is 0 Å². The van der Waals surface area contributed by atoms with Crippen molar-refractivity contribution in [2.24, 2.45) is 0 Å². The van der Waals surface area contributed by atoms with Gasteiger partial charge in [-0.2, -0.15) is 17.5 Å². The van der Waals surface area contributed by atoms with E-state index in [1.165, 1.54) is 47.6 Å². The summed E-state index contributed by atoms with van der Waals surface area (Å²) in [6.07, 6.45) is -3.38. The zero-order valence-electron chi connectivity index (χ0n) is 25.3. The molecule has 0 bridgehead atoms. The number of methoxy groups -OCH3 is 1. The van der Waals surface area contributed by atoms with Crippen LogP contribution in [-0.2, 0) is 43.6 Å². The van der Waals surface area contributed by atoms with Gasteiger partial charge in [-0.25, -0.2) is 13.2 Å². The highest BCUT2D eigenvalue weighted by atomic mass is 35.5. The Balaban J connectivity index is 1.49. The van der Waals surface area contributed by atoms with E-state index in [0.717, 1.165) is 35.8 Å². The van der Waals surface area contributed by atoms with E-state index >= 15 is 0 Å². The molecule has 47 heavy (non-hydrogen) atoms. The maximum atomic E-state index is 13.8. The molecule has 0 radical (unpaired) electrons. The average Bonchev–Trinajstić information content (AvgIpc) is 3.57. The van der Waals surface area contributed by atoms with Gasteiger partial charge in [-0.1, -0.05) is 47.5 Å². The highest BCUT2D eigenvalue weighted by Crippen LogP contribution is 2.38. The second-order valence-electron chi connectivity index (χ2n) is 10.7. The molecule has 2 heterocycles. The van der Waals surface area contributed by atoms with Gasteiger partial charge in [0.1, 0.15) is 11.5 Å². The van der Waals surface area contributed by atoms with E-state index in [1.54, 1.807) is 36.4 Å². The third-order valence-corrected chi connectivity index (χ3v) is 9.51. The van der Waals surface area contributed by atoms with Crippen LogP contribution in [0.25, 0.3) is 6.08 Å². The molecule has 13 heteroatoms. The number of carbonyl (C=O) groups is 2. The van der Waals surface area contributed by atoms with Gasteiger partial charge in [0.25, 0.3) is 5.91 Å². The third-order valence-electron chi connectivity index (χ3n) is 7.45. The average molecular weight is 685 g/mol. The fourth-order valence-corrected chi connectivity index (χ4v) is 6.58. The van der Waals surface area contributed by atoms with Gasteiger partial charge in [-0.3, -0.25) is 9.69 Å². The Bertz CT molecular complexity index is 2000. The Morgan fingerprint density at radius 2 is 1.66 bits per heavy atom. The van der Waals surface area contributed by atoms with Crippen LogP contribution in [0.15, 0.2) is 111 Å². The molecule has 3 aromatic carbocycles. The maximum absolute atomic E-state index is 13.8. The molecule has 0 atom stereocenters. The predicted molar refractivity (Wildman–Crippen MR) is 169 cm³/mol. The van der Waals surface area contributed by atoms with Crippen molar-refractivity contribution in [3.63, 3.8) is 0 Å². The van der Waals surface area contributed by atoms with Crippen LogP contribution in [0.5, 0.6) is 0 Å². The van der Waals surface area contributed by atoms with E-state index in [4.69, 9.17) is 20.8 Å². The molecular formula is C34H28ClF3N2O6S. The number of rotatable bonds is 9. The number of anilines is 1. The summed E-state index contributed by atoms with van der Waals surface area (Å²) in [6, 6.07) is 20.4. The van der Waals surface area contributed by atoms with Gasteiger partial charge < -0.3 is 9.15 Å². The summed E-state index contributed by atoms with van der Waals surface area (Å²) >= 11 is 6.02. The number of aryl methyl sites for hydroxylation is 1. The molecule has 0 saturated carbocycles.